The van der Waals surface area contributed by atoms with Crippen LogP contribution >= 0.6 is 0 Å². The van der Waals surface area contributed by atoms with Gasteiger partial charge in [-0.2, -0.15) is 0 Å². The lowest BCUT2D eigenvalue weighted by Gasteiger charge is -2.17. The van der Waals surface area contributed by atoms with E-state index in [0.29, 0.717) is 12.1 Å². The number of amides is 1. The van der Waals surface area contributed by atoms with E-state index in [1.165, 1.54) is 6.07 Å². The second-order valence-corrected chi connectivity index (χ2v) is 4.47. The summed E-state index contributed by atoms with van der Waals surface area (Å²) in [7, 11) is 1.74. The fraction of sp³-hybridized carbons (Fsp3) is 0.429. The van der Waals surface area contributed by atoms with Gasteiger partial charge in [0.1, 0.15) is 0 Å². The van der Waals surface area contributed by atoms with Crippen molar-refractivity contribution in [3.8, 4) is 0 Å². The van der Waals surface area contributed by atoms with E-state index >= 15 is 0 Å². The number of aromatic carboxylic acids is 1. The summed E-state index contributed by atoms with van der Waals surface area (Å²) in [5.74, 6) is -1.14. The van der Waals surface area contributed by atoms with Crippen molar-refractivity contribution in [1.29, 1.82) is 0 Å². The fourth-order valence-electron chi connectivity index (χ4n) is 1.75. The minimum atomic E-state index is -1.01. The summed E-state index contributed by atoms with van der Waals surface area (Å²) < 4.78 is 0. The van der Waals surface area contributed by atoms with Crippen molar-refractivity contribution in [3.05, 3.63) is 34.9 Å². The first kappa shape index (κ1) is 14.2. The zero-order valence-electron chi connectivity index (χ0n) is 11.1. The number of aryl methyl sites for hydroxylation is 1. The molecule has 1 aromatic carbocycles. The summed E-state index contributed by atoms with van der Waals surface area (Å²) in [6, 6.07) is 4.71. The third-order valence-corrected chi connectivity index (χ3v) is 2.77. The van der Waals surface area contributed by atoms with E-state index in [1.54, 1.807) is 31.0 Å². The summed E-state index contributed by atoms with van der Waals surface area (Å²) >= 11 is 0. The molecular formula is C14H19NO3. The van der Waals surface area contributed by atoms with Gasteiger partial charge in [-0.15, -0.1) is 0 Å². The molecule has 0 unspecified atom stereocenters. The fourth-order valence-corrected chi connectivity index (χ4v) is 1.75. The van der Waals surface area contributed by atoms with Crippen LogP contribution < -0.4 is 0 Å². The Morgan fingerprint density at radius 1 is 1.22 bits per heavy atom. The van der Waals surface area contributed by atoms with Gasteiger partial charge < -0.3 is 10.0 Å². The molecule has 0 spiro atoms. The summed E-state index contributed by atoms with van der Waals surface area (Å²) in [6.45, 7) is 4.54. The van der Waals surface area contributed by atoms with Crippen LogP contribution in [0.25, 0.3) is 0 Å². The third kappa shape index (κ3) is 3.58. The van der Waals surface area contributed by atoms with Crippen molar-refractivity contribution in [3.63, 3.8) is 0 Å². The molecule has 0 atom stereocenters. The first-order valence-electron chi connectivity index (χ1n) is 6.06. The highest BCUT2D eigenvalue weighted by Crippen LogP contribution is 2.12. The minimum absolute atomic E-state index is 0.130. The molecule has 1 rings (SSSR count). The Morgan fingerprint density at radius 3 is 2.39 bits per heavy atom. The molecule has 98 valence electrons. The average Bonchev–Trinajstić information content (AvgIpc) is 2.34. The van der Waals surface area contributed by atoms with Crippen LogP contribution in [0.3, 0.4) is 0 Å². The molecule has 0 aliphatic heterocycles. The van der Waals surface area contributed by atoms with Crippen LogP contribution in [0.15, 0.2) is 18.2 Å². The Balaban J connectivity index is 2.95. The summed E-state index contributed by atoms with van der Waals surface area (Å²) in [4.78, 5) is 24.7. The van der Waals surface area contributed by atoms with Crippen molar-refractivity contribution in [2.75, 3.05) is 13.6 Å². The normalized spacial score (nSPS) is 10.2. The molecule has 0 saturated carbocycles. The van der Waals surface area contributed by atoms with Crippen LogP contribution in [-0.4, -0.2) is 35.5 Å². The number of benzene rings is 1. The summed E-state index contributed by atoms with van der Waals surface area (Å²) in [6.07, 6.45) is 1.96. The number of carbonyl (C=O) groups excluding carboxylic acids is 1. The first-order chi connectivity index (χ1) is 8.45. The Morgan fingerprint density at radius 2 is 1.83 bits per heavy atom. The Hall–Kier alpha value is -1.84. The van der Waals surface area contributed by atoms with E-state index < -0.39 is 5.97 Å². The number of hydrogen-bond donors (Lipinski definition) is 1. The van der Waals surface area contributed by atoms with Gasteiger partial charge in [0.2, 0.25) is 0 Å². The highest BCUT2D eigenvalue weighted by molar-refractivity contribution is 5.97. The monoisotopic (exact) mass is 249 g/mol. The van der Waals surface area contributed by atoms with Gasteiger partial charge in [0, 0.05) is 19.2 Å². The lowest BCUT2D eigenvalue weighted by Crippen LogP contribution is -2.27. The van der Waals surface area contributed by atoms with Gasteiger partial charge in [-0.05, 0) is 37.1 Å². The lowest BCUT2D eigenvalue weighted by atomic mass is 10.1. The van der Waals surface area contributed by atoms with Crippen molar-refractivity contribution in [1.82, 2.24) is 4.90 Å². The van der Waals surface area contributed by atoms with Crippen LogP contribution in [0.4, 0.5) is 0 Å². The molecule has 0 aromatic heterocycles. The maximum atomic E-state index is 12.1. The molecule has 4 heteroatoms. The standard InChI is InChI=1S/C14H19NO3/c1-4-5-6-15(3)13(16)11-7-10(2)8-12(9-11)14(17)18/h7-9H,4-6H2,1-3H3,(H,17,18). The second kappa shape index (κ2) is 6.19. The van der Waals surface area contributed by atoms with E-state index in [1.807, 2.05) is 0 Å². The molecule has 4 nitrogen and oxygen atoms in total. The van der Waals surface area contributed by atoms with Gasteiger partial charge >= 0.3 is 5.97 Å². The number of rotatable bonds is 5. The number of carboxylic acids is 1. The maximum Gasteiger partial charge on any atom is 0.335 e. The van der Waals surface area contributed by atoms with Gasteiger partial charge in [-0.1, -0.05) is 13.3 Å². The Labute approximate surface area is 107 Å². The molecule has 1 N–H and O–H groups in total. The van der Waals surface area contributed by atoms with Gasteiger partial charge in [0.25, 0.3) is 5.91 Å². The SMILES string of the molecule is CCCCN(C)C(=O)c1cc(C)cc(C(=O)O)c1. The molecular weight excluding hydrogens is 230 g/mol. The molecule has 0 bridgehead atoms. The third-order valence-electron chi connectivity index (χ3n) is 2.77. The lowest BCUT2D eigenvalue weighted by molar-refractivity contribution is 0.0696. The largest absolute Gasteiger partial charge is 0.478 e. The van der Waals surface area contributed by atoms with Gasteiger partial charge in [-0.25, -0.2) is 4.79 Å². The van der Waals surface area contributed by atoms with Crippen LogP contribution in [0.2, 0.25) is 0 Å². The van der Waals surface area contributed by atoms with E-state index in [-0.39, 0.29) is 11.5 Å². The quantitative estimate of drug-likeness (QED) is 0.872. The number of carbonyl (C=O) groups is 2. The number of unbranched alkanes of at least 4 members (excludes halogenated alkanes) is 1. The van der Waals surface area contributed by atoms with E-state index in [4.69, 9.17) is 5.11 Å². The highest BCUT2D eigenvalue weighted by atomic mass is 16.4. The zero-order chi connectivity index (χ0) is 13.7. The molecule has 0 saturated heterocycles. The minimum Gasteiger partial charge on any atom is -0.478 e. The molecule has 0 aliphatic rings. The molecule has 0 aliphatic carbocycles. The predicted molar refractivity (Wildman–Crippen MR) is 70.0 cm³/mol. The summed E-state index contributed by atoms with van der Waals surface area (Å²) in [5, 5.41) is 8.97. The number of nitrogens with zero attached hydrogens (tertiary/aromatic N) is 1. The Bertz CT molecular complexity index is 454. The smallest absolute Gasteiger partial charge is 0.335 e. The maximum absolute atomic E-state index is 12.1. The molecule has 0 heterocycles. The van der Waals surface area contributed by atoms with Crippen LogP contribution in [0, 0.1) is 6.92 Å². The molecule has 0 radical (unpaired) electrons. The second-order valence-electron chi connectivity index (χ2n) is 4.47. The first-order valence-corrected chi connectivity index (χ1v) is 6.06. The summed E-state index contributed by atoms with van der Waals surface area (Å²) in [5.41, 5.74) is 1.37. The van der Waals surface area contributed by atoms with E-state index in [9.17, 15) is 9.59 Å². The van der Waals surface area contributed by atoms with Gasteiger partial charge in [0.05, 0.1) is 5.56 Å². The van der Waals surface area contributed by atoms with E-state index in [2.05, 4.69) is 6.92 Å². The van der Waals surface area contributed by atoms with E-state index in [0.717, 1.165) is 18.4 Å². The van der Waals surface area contributed by atoms with Crippen molar-refractivity contribution in [2.24, 2.45) is 0 Å². The highest BCUT2D eigenvalue weighted by Gasteiger charge is 2.14. The molecule has 1 aromatic rings. The van der Waals surface area contributed by atoms with Crippen LogP contribution in [-0.2, 0) is 0 Å². The molecule has 18 heavy (non-hydrogen) atoms. The van der Waals surface area contributed by atoms with Gasteiger partial charge in [-0.3, -0.25) is 4.79 Å². The number of carboxylic acid groups (broad SMARTS) is 1. The van der Waals surface area contributed by atoms with Crippen molar-refractivity contribution < 1.29 is 14.7 Å². The van der Waals surface area contributed by atoms with Crippen LogP contribution in [0.5, 0.6) is 0 Å². The van der Waals surface area contributed by atoms with Crippen molar-refractivity contribution in [2.45, 2.75) is 26.7 Å². The molecule has 1 amide bonds. The predicted octanol–water partition coefficient (Wildman–Crippen LogP) is 2.57. The van der Waals surface area contributed by atoms with Crippen LogP contribution in [0.1, 0.15) is 46.0 Å². The Kier molecular flexibility index (Phi) is 4.89. The zero-order valence-corrected chi connectivity index (χ0v) is 11.1. The number of hydrogen-bond acceptors (Lipinski definition) is 2. The molecule has 0 fully saturated rings. The van der Waals surface area contributed by atoms with Crippen molar-refractivity contribution >= 4 is 11.9 Å². The topological polar surface area (TPSA) is 57.6 Å². The average molecular weight is 249 g/mol. The van der Waals surface area contributed by atoms with Gasteiger partial charge in [0.15, 0.2) is 0 Å².